The van der Waals surface area contributed by atoms with Gasteiger partial charge in [-0.1, -0.05) is 12.1 Å². The molecule has 2 N–H and O–H groups in total. The molecule has 0 radical (unpaired) electrons. The molecule has 2 unspecified atom stereocenters. The molecule has 2 aromatic carbocycles. The summed E-state index contributed by atoms with van der Waals surface area (Å²) in [6.45, 7) is 3.23. The Morgan fingerprint density at radius 1 is 1.08 bits per heavy atom. The topological polar surface area (TPSA) is 111 Å². The summed E-state index contributed by atoms with van der Waals surface area (Å²) in [5.41, 5.74) is -1.04. The molecule has 0 bridgehead atoms. The van der Waals surface area contributed by atoms with Gasteiger partial charge in [-0.15, -0.1) is 0 Å². The predicted octanol–water partition coefficient (Wildman–Crippen LogP) is 5.44. The number of aromatic nitrogens is 2. The summed E-state index contributed by atoms with van der Waals surface area (Å²) in [7, 11) is 3.33. The van der Waals surface area contributed by atoms with Gasteiger partial charge in [0.25, 0.3) is 0 Å². The number of piperidine rings is 1. The van der Waals surface area contributed by atoms with Crippen LogP contribution >= 0.6 is 0 Å². The van der Waals surface area contributed by atoms with Gasteiger partial charge in [-0.25, -0.2) is 13.8 Å². The van der Waals surface area contributed by atoms with Crippen molar-refractivity contribution in [3.05, 3.63) is 77.1 Å². The molecule has 5 rings (SSSR count). The maximum Gasteiger partial charge on any atom is 0.416 e. The van der Waals surface area contributed by atoms with Crippen molar-refractivity contribution in [1.29, 1.82) is 0 Å². The summed E-state index contributed by atoms with van der Waals surface area (Å²) in [6, 6.07) is 6.69. The SMILES string of the molecule is CN(C)C(=O)CCCN1CC(c2ccc(F)cc2F)C(C)(C(=O)Nc2nccn2Cc2ccc(C(F)(F)F)cc2N2CCC(C(=O)O)CC2)C1. The summed E-state index contributed by atoms with van der Waals surface area (Å²) in [6.07, 6.45) is -0.183. The van der Waals surface area contributed by atoms with Gasteiger partial charge in [0.15, 0.2) is 0 Å². The predicted molar refractivity (Wildman–Crippen MR) is 176 cm³/mol. The van der Waals surface area contributed by atoms with Gasteiger partial charge in [0, 0.05) is 76.8 Å². The van der Waals surface area contributed by atoms with E-state index in [9.17, 15) is 37.1 Å². The van der Waals surface area contributed by atoms with Crippen LogP contribution in [0.1, 0.15) is 55.2 Å². The molecule has 270 valence electrons. The van der Waals surface area contributed by atoms with Crippen molar-refractivity contribution in [2.75, 3.05) is 57.0 Å². The monoisotopic (exact) mass is 704 g/mol. The average Bonchev–Trinajstić information content (AvgIpc) is 3.64. The van der Waals surface area contributed by atoms with Crippen LogP contribution in [0.4, 0.5) is 33.6 Å². The van der Waals surface area contributed by atoms with Crippen molar-refractivity contribution in [3.63, 3.8) is 0 Å². The smallest absolute Gasteiger partial charge is 0.416 e. The molecule has 2 aliphatic heterocycles. The zero-order chi connectivity index (χ0) is 36.4. The summed E-state index contributed by atoms with van der Waals surface area (Å²) in [4.78, 5) is 47.3. The number of hydrogen-bond acceptors (Lipinski definition) is 6. The third kappa shape index (κ3) is 8.09. The number of hydrogen-bond donors (Lipinski definition) is 2. The number of carboxylic acids is 1. The molecular formula is C35H41F5N6O4. The van der Waals surface area contributed by atoms with E-state index >= 15 is 4.39 Å². The van der Waals surface area contributed by atoms with Crippen LogP contribution in [0.2, 0.25) is 0 Å². The van der Waals surface area contributed by atoms with Gasteiger partial charge < -0.3 is 24.4 Å². The van der Waals surface area contributed by atoms with E-state index in [4.69, 9.17) is 0 Å². The highest BCUT2D eigenvalue weighted by atomic mass is 19.4. The molecule has 1 aromatic heterocycles. The van der Waals surface area contributed by atoms with Gasteiger partial charge in [0.1, 0.15) is 11.6 Å². The summed E-state index contributed by atoms with van der Waals surface area (Å²) >= 11 is 0. The van der Waals surface area contributed by atoms with Crippen molar-refractivity contribution in [3.8, 4) is 0 Å². The lowest BCUT2D eigenvalue weighted by molar-refractivity contribution is -0.142. The van der Waals surface area contributed by atoms with Gasteiger partial charge in [0.05, 0.1) is 23.4 Å². The standard InChI is InChI=1S/C35H41F5N6O4/c1-34(21-44(13-4-5-30(47)43(2)3)20-27(34)26-9-8-25(36)18-28(26)37)32(50)42-33-41-12-16-46(33)19-23-6-7-24(35(38,39)40)17-29(23)45-14-10-22(11-15-45)31(48)49/h6-9,12,16-18,22,27H,4-5,10-11,13-15,19-21H2,1-3H3,(H,48,49)(H,41,42,50). The highest BCUT2D eigenvalue weighted by molar-refractivity contribution is 5.95. The number of carbonyl (C=O) groups excluding carboxylic acids is 2. The fraction of sp³-hybridized carbons (Fsp3) is 0.486. The van der Waals surface area contributed by atoms with Gasteiger partial charge in [-0.2, -0.15) is 13.2 Å². The number of anilines is 2. The summed E-state index contributed by atoms with van der Waals surface area (Å²) < 4.78 is 71.8. The molecule has 3 aromatic rings. The number of nitrogens with one attached hydrogen (secondary N) is 1. The van der Waals surface area contributed by atoms with Crippen LogP contribution in [0.3, 0.4) is 0 Å². The Morgan fingerprint density at radius 3 is 2.44 bits per heavy atom. The van der Waals surface area contributed by atoms with Gasteiger partial charge in [-0.3, -0.25) is 19.7 Å². The van der Waals surface area contributed by atoms with E-state index in [1.807, 2.05) is 4.90 Å². The minimum Gasteiger partial charge on any atom is -0.481 e. The summed E-state index contributed by atoms with van der Waals surface area (Å²) in [5.74, 6) is -4.10. The number of benzene rings is 2. The Kier molecular flexibility index (Phi) is 10.8. The van der Waals surface area contributed by atoms with Gasteiger partial charge >= 0.3 is 12.1 Å². The lowest BCUT2D eigenvalue weighted by Crippen LogP contribution is -2.40. The third-order valence-electron chi connectivity index (χ3n) is 9.86. The van der Waals surface area contributed by atoms with E-state index in [0.29, 0.717) is 30.6 Å². The van der Waals surface area contributed by atoms with Crippen molar-refractivity contribution >= 4 is 29.4 Å². The number of aliphatic carboxylic acids is 1. The molecule has 0 aliphatic carbocycles. The van der Waals surface area contributed by atoms with Crippen molar-refractivity contribution < 1.29 is 41.4 Å². The second kappa shape index (κ2) is 14.8. The third-order valence-corrected chi connectivity index (χ3v) is 9.86. The first kappa shape index (κ1) is 36.7. The Balaban J connectivity index is 1.39. The largest absolute Gasteiger partial charge is 0.481 e. The number of imidazole rings is 1. The van der Waals surface area contributed by atoms with Crippen molar-refractivity contribution in [2.24, 2.45) is 11.3 Å². The number of carboxylic acid groups (broad SMARTS) is 1. The molecule has 2 amide bonds. The normalized spacial score (nSPS) is 20.2. The molecule has 2 aliphatic rings. The molecule has 2 fully saturated rings. The Morgan fingerprint density at radius 2 is 1.80 bits per heavy atom. The lowest BCUT2D eigenvalue weighted by atomic mass is 9.75. The second-order valence-corrected chi connectivity index (χ2v) is 13.5. The van der Waals surface area contributed by atoms with E-state index in [2.05, 4.69) is 10.3 Å². The molecule has 0 saturated carbocycles. The van der Waals surface area contributed by atoms with Gasteiger partial charge in [0.2, 0.25) is 17.8 Å². The zero-order valence-corrected chi connectivity index (χ0v) is 28.1. The van der Waals surface area contributed by atoms with Crippen LogP contribution in [0, 0.1) is 23.0 Å². The second-order valence-electron chi connectivity index (χ2n) is 13.5. The van der Waals surface area contributed by atoms with E-state index in [0.717, 1.165) is 24.3 Å². The Bertz CT molecular complexity index is 1720. The minimum atomic E-state index is -4.59. The van der Waals surface area contributed by atoms with E-state index in [1.54, 1.807) is 36.7 Å². The first-order chi connectivity index (χ1) is 23.6. The molecular weight excluding hydrogens is 663 g/mol. The van der Waals surface area contributed by atoms with E-state index < -0.39 is 52.5 Å². The number of nitrogens with zero attached hydrogens (tertiary/aromatic N) is 5. The first-order valence-corrected chi connectivity index (χ1v) is 16.4. The van der Waals surface area contributed by atoms with Crippen LogP contribution in [0.25, 0.3) is 0 Å². The number of amides is 2. The number of halogens is 5. The fourth-order valence-corrected chi connectivity index (χ4v) is 6.93. The van der Waals surface area contributed by atoms with Gasteiger partial charge in [-0.05, 0) is 62.1 Å². The van der Waals surface area contributed by atoms with Crippen molar-refractivity contribution in [2.45, 2.75) is 51.2 Å². The molecule has 15 heteroatoms. The van der Waals surface area contributed by atoms with Crippen LogP contribution in [0.5, 0.6) is 0 Å². The molecule has 3 heterocycles. The number of likely N-dealkylation sites (tertiary alicyclic amines) is 1. The van der Waals surface area contributed by atoms with Crippen LogP contribution in [-0.2, 0) is 27.1 Å². The molecule has 2 atom stereocenters. The number of carbonyl (C=O) groups is 3. The Hall–Kier alpha value is -4.53. The quantitative estimate of drug-likeness (QED) is 0.256. The summed E-state index contributed by atoms with van der Waals surface area (Å²) in [5, 5.41) is 12.3. The molecule has 0 spiro atoms. The zero-order valence-electron chi connectivity index (χ0n) is 28.1. The average molecular weight is 705 g/mol. The molecule has 2 saturated heterocycles. The van der Waals surface area contributed by atoms with Crippen LogP contribution < -0.4 is 10.2 Å². The minimum absolute atomic E-state index is 0.0424. The molecule has 50 heavy (non-hydrogen) atoms. The lowest BCUT2D eigenvalue weighted by Gasteiger charge is -2.34. The highest BCUT2D eigenvalue weighted by Crippen LogP contribution is 2.45. The fourth-order valence-electron chi connectivity index (χ4n) is 6.93. The molecule has 10 nitrogen and oxygen atoms in total. The first-order valence-electron chi connectivity index (χ1n) is 16.4. The van der Waals surface area contributed by atoms with Crippen LogP contribution in [-0.4, -0.2) is 89.1 Å². The van der Waals surface area contributed by atoms with Crippen LogP contribution in [0.15, 0.2) is 48.8 Å². The van der Waals surface area contributed by atoms with E-state index in [-0.39, 0.29) is 63.0 Å². The number of rotatable bonds is 11. The van der Waals surface area contributed by atoms with E-state index in [1.165, 1.54) is 23.2 Å². The maximum absolute atomic E-state index is 15.2. The highest BCUT2D eigenvalue weighted by Gasteiger charge is 2.50. The Labute approximate surface area is 286 Å². The van der Waals surface area contributed by atoms with Crippen molar-refractivity contribution in [1.82, 2.24) is 19.4 Å². The maximum atomic E-state index is 15.2. The number of alkyl halides is 3.